The van der Waals surface area contributed by atoms with E-state index in [1.165, 1.54) is 0 Å². The molecule has 1 aliphatic rings. The predicted octanol–water partition coefficient (Wildman–Crippen LogP) is 3.81. The number of ketones is 1. The Balaban J connectivity index is 2.41. The summed E-state index contributed by atoms with van der Waals surface area (Å²) >= 11 is 0. The van der Waals surface area contributed by atoms with E-state index in [0.717, 1.165) is 42.5 Å². The van der Waals surface area contributed by atoms with E-state index in [1.54, 1.807) is 18.7 Å². The van der Waals surface area contributed by atoms with Gasteiger partial charge in [0.25, 0.3) is 5.91 Å². The van der Waals surface area contributed by atoms with Gasteiger partial charge < -0.3 is 15.3 Å². The molecule has 27 heavy (non-hydrogen) atoms. The van der Waals surface area contributed by atoms with E-state index in [1.807, 2.05) is 32.0 Å². The van der Waals surface area contributed by atoms with Crippen LogP contribution in [0.5, 0.6) is 0 Å². The summed E-state index contributed by atoms with van der Waals surface area (Å²) < 4.78 is 0. The van der Waals surface area contributed by atoms with Crippen molar-refractivity contribution in [1.82, 2.24) is 4.90 Å². The maximum atomic E-state index is 13.1. The summed E-state index contributed by atoms with van der Waals surface area (Å²) in [5.41, 5.74) is 2.37. The SMILES string of the molecule is CCCCN1C(C)=C(C(=O)Nc2c(CC)cccc2CC)C(=O)CC1(C)O. The highest BCUT2D eigenvalue weighted by Gasteiger charge is 2.41. The van der Waals surface area contributed by atoms with Crippen LogP contribution in [0.3, 0.4) is 0 Å². The molecule has 0 saturated carbocycles. The number of Topliss-reactive ketones (excluding diaryl/α,β-unsaturated/α-hetero) is 1. The van der Waals surface area contributed by atoms with Gasteiger partial charge in [0.15, 0.2) is 5.78 Å². The molecule has 1 unspecified atom stereocenters. The maximum absolute atomic E-state index is 13.1. The lowest BCUT2D eigenvalue weighted by molar-refractivity contribution is -0.136. The van der Waals surface area contributed by atoms with Crippen molar-refractivity contribution < 1.29 is 14.7 Å². The first kappa shape index (κ1) is 21.2. The average molecular weight is 373 g/mol. The molecule has 5 nitrogen and oxygen atoms in total. The fraction of sp³-hybridized carbons (Fsp3) is 0.545. The van der Waals surface area contributed by atoms with E-state index in [0.29, 0.717) is 12.2 Å². The number of aliphatic hydroxyl groups is 1. The Labute approximate surface area is 162 Å². The molecule has 0 fully saturated rings. The van der Waals surface area contributed by atoms with Gasteiger partial charge in [-0.25, -0.2) is 0 Å². The second-order valence-corrected chi connectivity index (χ2v) is 7.40. The number of carbonyl (C=O) groups excluding carboxylic acids is 2. The molecule has 1 aromatic carbocycles. The van der Waals surface area contributed by atoms with Crippen molar-refractivity contribution in [2.24, 2.45) is 0 Å². The largest absolute Gasteiger partial charge is 0.371 e. The normalized spacial score (nSPS) is 20.2. The number of amides is 1. The quantitative estimate of drug-likeness (QED) is 0.714. The van der Waals surface area contributed by atoms with Crippen LogP contribution in [0, 0.1) is 0 Å². The van der Waals surface area contributed by atoms with Crippen molar-refractivity contribution in [3.63, 3.8) is 0 Å². The number of allylic oxidation sites excluding steroid dienone is 1. The van der Waals surface area contributed by atoms with Crippen molar-refractivity contribution in [3.05, 3.63) is 40.6 Å². The van der Waals surface area contributed by atoms with Gasteiger partial charge in [-0.3, -0.25) is 9.59 Å². The molecule has 1 heterocycles. The zero-order valence-corrected chi connectivity index (χ0v) is 17.2. The number of nitrogens with one attached hydrogen (secondary N) is 1. The lowest BCUT2D eigenvalue weighted by Gasteiger charge is -2.43. The van der Waals surface area contributed by atoms with Crippen LogP contribution in [-0.4, -0.2) is 34.0 Å². The molecule has 0 aromatic heterocycles. The minimum atomic E-state index is -1.25. The third-order valence-corrected chi connectivity index (χ3v) is 5.32. The van der Waals surface area contributed by atoms with E-state index in [9.17, 15) is 14.7 Å². The zero-order chi connectivity index (χ0) is 20.2. The monoisotopic (exact) mass is 372 g/mol. The molecule has 1 atom stereocenters. The summed E-state index contributed by atoms with van der Waals surface area (Å²) in [5.74, 6) is -0.695. The Bertz CT molecular complexity index is 728. The molecular weight excluding hydrogens is 340 g/mol. The van der Waals surface area contributed by atoms with Crippen LogP contribution in [0.2, 0.25) is 0 Å². The van der Waals surface area contributed by atoms with E-state index < -0.39 is 5.72 Å². The molecule has 148 valence electrons. The third kappa shape index (κ3) is 4.41. The molecule has 0 radical (unpaired) electrons. The summed E-state index contributed by atoms with van der Waals surface area (Å²) in [6.07, 6.45) is 3.38. The second kappa shape index (κ2) is 8.70. The van der Waals surface area contributed by atoms with E-state index in [-0.39, 0.29) is 23.7 Å². The van der Waals surface area contributed by atoms with E-state index in [4.69, 9.17) is 0 Å². The number of benzene rings is 1. The summed E-state index contributed by atoms with van der Waals surface area (Å²) in [6.45, 7) is 10.2. The highest BCUT2D eigenvalue weighted by molar-refractivity contribution is 6.24. The van der Waals surface area contributed by atoms with Gasteiger partial charge in [0, 0.05) is 17.9 Å². The molecular formula is C22H32N2O3. The average Bonchev–Trinajstić information content (AvgIpc) is 2.60. The van der Waals surface area contributed by atoms with Gasteiger partial charge in [0.05, 0.1) is 6.42 Å². The number of anilines is 1. The fourth-order valence-corrected chi connectivity index (χ4v) is 3.78. The fourth-order valence-electron chi connectivity index (χ4n) is 3.78. The number of hydrogen-bond donors (Lipinski definition) is 2. The topological polar surface area (TPSA) is 69.6 Å². The Kier molecular flexibility index (Phi) is 6.82. The number of carbonyl (C=O) groups is 2. The number of unbranched alkanes of at least 4 members (excludes halogenated alkanes) is 1. The Morgan fingerprint density at radius 2 is 1.81 bits per heavy atom. The molecule has 0 saturated heterocycles. The minimum Gasteiger partial charge on any atom is -0.371 e. The van der Waals surface area contributed by atoms with Crippen molar-refractivity contribution >= 4 is 17.4 Å². The van der Waals surface area contributed by atoms with Crippen LogP contribution < -0.4 is 5.32 Å². The molecule has 0 aliphatic carbocycles. The molecule has 1 aromatic rings. The zero-order valence-electron chi connectivity index (χ0n) is 17.2. The molecule has 0 spiro atoms. The standard InChI is InChI=1S/C22H32N2O3/c1-6-9-13-24-15(4)19(18(25)14-22(24,5)27)21(26)23-20-16(7-2)11-10-12-17(20)8-3/h10-12,27H,6-9,13-14H2,1-5H3,(H,23,26). The Morgan fingerprint density at radius 1 is 1.22 bits per heavy atom. The lowest BCUT2D eigenvalue weighted by Crippen LogP contribution is -2.52. The number of nitrogens with zero attached hydrogens (tertiary/aromatic N) is 1. The number of hydrogen-bond acceptors (Lipinski definition) is 4. The predicted molar refractivity (Wildman–Crippen MR) is 108 cm³/mol. The first-order valence-corrected chi connectivity index (χ1v) is 9.92. The van der Waals surface area contributed by atoms with Crippen molar-refractivity contribution in [2.75, 3.05) is 11.9 Å². The molecule has 2 rings (SSSR count). The lowest BCUT2D eigenvalue weighted by atomic mass is 9.92. The van der Waals surface area contributed by atoms with Gasteiger partial charge in [-0.05, 0) is 44.2 Å². The van der Waals surface area contributed by atoms with Gasteiger partial charge in [-0.15, -0.1) is 0 Å². The maximum Gasteiger partial charge on any atom is 0.261 e. The van der Waals surface area contributed by atoms with Crippen molar-refractivity contribution in [3.8, 4) is 0 Å². The smallest absolute Gasteiger partial charge is 0.261 e. The number of para-hydroxylation sites is 1. The van der Waals surface area contributed by atoms with Crippen LogP contribution >= 0.6 is 0 Å². The molecule has 1 amide bonds. The minimum absolute atomic E-state index is 0.0765. The Morgan fingerprint density at radius 3 is 2.33 bits per heavy atom. The second-order valence-electron chi connectivity index (χ2n) is 7.40. The summed E-state index contributed by atoms with van der Waals surface area (Å²) in [4.78, 5) is 27.5. The Hall–Kier alpha value is -2.14. The van der Waals surface area contributed by atoms with E-state index in [2.05, 4.69) is 12.2 Å². The molecule has 2 N–H and O–H groups in total. The first-order chi connectivity index (χ1) is 12.8. The van der Waals surface area contributed by atoms with Crippen LogP contribution in [0.1, 0.15) is 65.0 Å². The molecule has 1 aliphatic heterocycles. The van der Waals surface area contributed by atoms with Crippen LogP contribution in [0.15, 0.2) is 29.5 Å². The third-order valence-electron chi connectivity index (χ3n) is 5.32. The van der Waals surface area contributed by atoms with Gasteiger partial charge >= 0.3 is 0 Å². The highest BCUT2D eigenvalue weighted by Crippen LogP contribution is 2.32. The van der Waals surface area contributed by atoms with Gasteiger partial charge in [0.1, 0.15) is 11.3 Å². The summed E-state index contributed by atoms with van der Waals surface area (Å²) in [7, 11) is 0. The van der Waals surface area contributed by atoms with Crippen molar-refractivity contribution in [1.29, 1.82) is 0 Å². The molecule has 0 bridgehead atoms. The van der Waals surface area contributed by atoms with Gasteiger partial charge in [-0.1, -0.05) is 45.4 Å². The highest BCUT2D eigenvalue weighted by atomic mass is 16.3. The van der Waals surface area contributed by atoms with Gasteiger partial charge in [-0.2, -0.15) is 0 Å². The van der Waals surface area contributed by atoms with Crippen LogP contribution in [0.25, 0.3) is 0 Å². The van der Waals surface area contributed by atoms with E-state index >= 15 is 0 Å². The van der Waals surface area contributed by atoms with Crippen LogP contribution in [-0.2, 0) is 22.4 Å². The van der Waals surface area contributed by atoms with Gasteiger partial charge in [0.2, 0.25) is 0 Å². The first-order valence-electron chi connectivity index (χ1n) is 9.92. The van der Waals surface area contributed by atoms with Crippen molar-refractivity contribution in [2.45, 2.75) is 72.4 Å². The summed E-state index contributed by atoms with van der Waals surface area (Å²) in [5, 5.41) is 13.7. The number of rotatable bonds is 7. The molecule has 5 heteroatoms. The van der Waals surface area contributed by atoms with Crippen LogP contribution in [0.4, 0.5) is 5.69 Å². The summed E-state index contributed by atoms with van der Waals surface area (Å²) in [6, 6.07) is 5.99. The number of aryl methyl sites for hydroxylation is 2.